The molecule has 0 radical (unpaired) electrons. The van der Waals surface area contributed by atoms with Crippen molar-refractivity contribution in [3.63, 3.8) is 0 Å². The zero-order valence-electron chi connectivity index (χ0n) is 25.4. The van der Waals surface area contributed by atoms with Gasteiger partial charge in [0, 0.05) is 76.5 Å². The molecule has 7 rings (SSSR count). The highest BCUT2D eigenvalue weighted by molar-refractivity contribution is 5.89. The van der Waals surface area contributed by atoms with E-state index >= 15 is 0 Å². The highest BCUT2D eigenvalue weighted by atomic mass is 16.6. The molecule has 5 aliphatic carbocycles. The Balaban J connectivity index is 1.45. The molecule has 0 amide bonds. The van der Waals surface area contributed by atoms with Crippen molar-refractivity contribution >= 4 is 11.9 Å². The first-order valence-corrected chi connectivity index (χ1v) is 15.2. The number of nitrogens with zero attached hydrogens (tertiary/aromatic N) is 1. The van der Waals surface area contributed by atoms with Crippen LogP contribution >= 0.6 is 0 Å². The molecule has 12 atom stereocenters. The zero-order chi connectivity index (χ0) is 29.6. The van der Waals surface area contributed by atoms with Crippen LogP contribution in [0.2, 0.25) is 0 Å². The number of hydrogen-bond acceptors (Lipinski definition) is 9. The maximum atomic E-state index is 13.7. The van der Waals surface area contributed by atoms with E-state index in [4.69, 9.17) is 28.4 Å². The first kappa shape index (κ1) is 28.5. The van der Waals surface area contributed by atoms with E-state index in [0.717, 1.165) is 19.4 Å². The fourth-order valence-corrected chi connectivity index (χ4v) is 11.5. The van der Waals surface area contributed by atoms with E-state index < -0.39 is 29.7 Å². The molecule has 1 aromatic carbocycles. The highest BCUT2D eigenvalue weighted by Gasteiger charge is 2.84. The lowest BCUT2D eigenvalue weighted by molar-refractivity contribution is -0.239. The summed E-state index contributed by atoms with van der Waals surface area (Å²) >= 11 is 0. The average Bonchev–Trinajstić information content (AvgIpc) is 3.34. The second kappa shape index (κ2) is 9.86. The van der Waals surface area contributed by atoms with Crippen LogP contribution in [0.5, 0.6) is 0 Å². The number of hydrogen-bond donors (Lipinski definition) is 0. The quantitative estimate of drug-likeness (QED) is 0.339. The van der Waals surface area contributed by atoms with E-state index in [1.54, 1.807) is 26.4 Å². The van der Waals surface area contributed by atoms with E-state index in [2.05, 4.69) is 18.0 Å². The van der Waals surface area contributed by atoms with Gasteiger partial charge in [-0.2, -0.15) is 0 Å². The number of benzene rings is 1. The van der Waals surface area contributed by atoms with Crippen molar-refractivity contribution in [1.29, 1.82) is 0 Å². The summed E-state index contributed by atoms with van der Waals surface area (Å²) in [6, 6.07) is 9.18. The van der Waals surface area contributed by atoms with Gasteiger partial charge in [-0.15, -0.1) is 0 Å². The Bertz CT molecular complexity index is 1290. The van der Waals surface area contributed by atoms with Gasteiger partial charge in [0.1, 0.15) is 6.10 Å². The topological polar surface area (TPSA) is 92.8 Å². The summed E-state index contributed by atoms with van der Waals surface area (Å²) in [6.45, 7) is 2.98. The smallest absolute Gasteiger partial charge is 0.338 e. The molecule has 42 heavy (non-hydrogen) atoms. The number of ether oxygens (including phenoxy) is 6. The first-order valence-electron chi connectivity index (χ1n) is 15.2. The molecule has 7 bridgehead atoms. The van der Waals surface area contributed by atoms with Gasteiger partial charge in [0.25, 0.3) is 0 Å². The molecular weight excluding hydrogens is 538 g/mol. The highest BCUT2D eigenvalue weighted by Crippen LogP contribution is 2.78. The predicted octanol–water partition coefficient (Wildman–Crippen LogP) is 3.12. The van der Waals surface area contributed by atoms with Gasteiger partial charge < -0.3 is 33.3 Å². The summed E-state index contributed by atoms with van der Waals surface area (Å²) < 4.78 is 37.9. The Hall–Kier alpha value is -2.30. The monoisotopic (exact) mass is 581 g/mol. The van der Waals surface area contributed by atoms with Gasteiger partial charge in [0.2, 0.25) is 0 Å². The van der Waals surface area contributed by atoms with Gasteiger partial charge in [0.15, 0.2) is 11.7 Å². The van der Waals surface area contributed by atoms with Crippen LogP contribution < -0.4 is 0 Å². The molecule has 6 aliphatic rings. The molecule has 228 valence electrons. The number of carbonyl (C=O) groups excluding carboxylic acids is 2. The van der Waals surface area contributed by atoms with Gasteiger partial charge in [-0.25, -0.2) is 4.79 Å². The molecule has 1 unspecified atom stereocenters. The van der Waals surface area contributed by atoms with Crippen LogP contribution in [-0.2, 0) is 33.2 Å². The van der Waals surface area contributed by atoms with Gasteiger partial charge in [-0.3, -0.25) is 4.79 Å². The first-order chi connectivity index (χ1) is 20.2. The summed E-state index contributed by atoms with van der Waals surface area (Å²) in [5, 5.41) is 0. The van der Waals surface area contributed by atoms with Crippen LogP contribution in [-0.4, -0.2) is 102 Å². The third-order valence-corrected chi connectivity index (χ3v) is 12.1. The Morgan fingerprint density at radius 3 is 2.43 bits per heavy atom. The molecule has 1 spiro atoms. The molecule has 0 aromatic heterocycles. The second-order valence-electron chi connectivity index (χ2n) is 13.5. The van der Waals surface area contributed by atoms with Crippen molar-refractivity contribution in [2.45, 2.75) is 62.2 Å². The minimum Gasteiger partial charge on any atom is -0.454 e. The molecule has 1 heterocycles. The molecule has 5 fully saturated rings. The summed E-state index contributed by atoms with van der Waals surface area (Å²) in [5.41, 5.74) is 0.0662. The fourth-order valence-electron chi connectivity index (χ4n) is 11.5. The van der Waals surface area contributed by atoms with E-state index in [1.807, 2.05) is 32.4 Å². The van der Waals surface area contributed by atoms with Gasteiger partial charge in [-0.05, 0) is 44.4 Å². The summed E-state index contributed by atoms with van der Waals surface area (Å²) in [5.74, 6) is -0.780. The summed E-state index contributed by atoms with van der Waals surface area (Å²) in [4.78, 5) is 29.0. The molecule has 0 N–H and O–H groups in total. The third-order valence-electron chi connectivity index (χ3n) is 12.1. The molecule has 4 saturated carbocycles. The van der Waals surface area contributed by atoms with Crippen LogP contribution in [0.1, 0.15) is 36.5 Å². The second-order valence-corrected chi connectivity index (χ2v) is 13.5. The van der Waals surface area contributed by atoms with E-state index in [0.29, 0.717) is 18.6 Å². The Kier molecular flexibility index (Phi) is 6.68. The number of esters is 2. The van der Waals surface area contributed by atoms with Gasteiger partial charge in [0.05, 0.1) is 24.4 Å². The van der Waals surface area contributed by atoms with Crippen molar-refractivity contribution in [2.75, 3.05) is 48.6 Å². The average molecular weight is 582 g/mol. The van der Waals surface area contributed by atoms with E-state index in [9.17, 15) is 9.59 Å². The number of likely N-dealkylation sites (tertiary alicyclic amines) is 1. The predicted molar refractivity (Wildman–Crippen MR) is 152 cm³/mol. The maximum absolute atomic E-state index is 13.7. The van der Waals surface area contributed by atoms with Crippen LogP contribution in [0.3, 0.4) is 0 Å². The van der Waals surface area contributed by atoms with Crippen LogP contribution in [0.25, 0.3) is 0 Å². The third kappa shape index (κ3) is 3.37. The summed E-state index contributed by atoms with van der Waals surface area (Å²) in [7, 11) is 9.32. The van der Waals surface area contributed by atoms with Gasteiger partial charge >= 0.3 is 11.9 Å². The molecule has 9 nitrogen and oxygen atoms in total. The Morgan fingerprint density at radius 1 is 1.02 bits per heavy atom. The fraction of sp³-hybridized carbons (Fsp3) is 0.697. The number of piperidine rings is 1. The maximum Gasteiger partial charge on any atom is 0.338 e. The van der Waals surface area contributed by atoms with Crippen LogP contribution in [0.15, 0.2) is 42.0 Å². The molecular formula is C33H43NO8. The van der Waals surface area contributed by atoms with Crippen molar-refractivity contribution in [2.24, 2.45) is 34.5 Å². The van der Waals surface area contributed by atoms with E-state index in [-0.39, 0.29) is 52.8 Å². The summed E-state index contributed by atoms with van der Waals surface area (Å²) in [6.07, 6.45) is 3.20. The largest absolute Gasteiger partial charge is 0.454 e. The van der Waals surface area contributed by atoms with Crippen molar-refractivity contribution in [3.05, 3.63) is 47.5 Å². The normalized spacial score (nSPS) is 46.2. The number of fused-ring (bicyclic) bond motifs is 2. The number of rotatable bonds is 8. The van der Waals surface area contributed by atoms with Crippen molar-refractivity contribution in [1.82, 2.24) is 4.90 Å². The standard InChI is InChI=1S/C33H43NO8/c1-18(35)42-32-15-21-24(29(32)41-30(36)19-10-8-7-9-11-19)20(14-23(32)39-5)25-26(40-6)27-31(17-37-3)13-12-22(38-4)33(21,27)28(25)34(2)16-31/h7-11,14,21-29H,12-13,15-17H2,1-6H3/t21-,22+,23+,24-,25+,26+,27-,28?,29-,31+,32+,33+/m1/s1. The number of carbonyl (C=O) groups is 2. The Labute approximate surface area is 247 Å². The lowest BCUT2D eigenvalue weighted by atomic mass is 9.44. The van der Waals surface area contributed by atoms with Crippen LogP contribution in [0.4, 0.5) is 0 Å². The lowest BCUT2D eigenvalue weighted by Gasteiger charge is -2.67. The molecule has 1 saturated heterocycles. The van der Waals surface area contributed by atoms with E-state index in [1.165, 1.54) is 12.5 Å². The molecule has 9 heteroatoms. The zero-order valence-corrected chi connectivity index (χ0v) is 25.4. The number of methoxy groups -OCH3 is 4. The van der Waals surface area contributed by atoms with Crippen molar-refractivity contribution in [3.8, 4) is 0 Å². The van der Waals surface area contributed by atoms with Crippen molar-refractivity contribution < 1.29 is 38.0 Å². The minimum atomic E-state index is -1.15. The van der Waals surface area contributed by atoms with Crippen LogP contribution in [0, 0.1) is 34.5 Å². The van der Waals surface area contributed by atoms with Gasteiger partial charge in [-0.1, -0.05) is 29.8 Å². The Morgan fingerprint density at radius 2 is 1.79 bits per heavy atom. The SMILES string of the molecule is COC[C@@]12CC[C@H](OC)[C@@]34C([C@@H](C5=C[C@H](OC)[C@@]6(OC(C)=O)C[C@@H]3[C@@H]5[C@H]6OC(=O)c3ccccc3)[C@H](OC)[C@H]14)N(C)C2. The molecule has 1 aliphatic heterocycles. The lowest BCUT2D eigenvalue weighted by Crippen LogP contribution is -2.72. The minimum absolute atomic E-state index is 0.00690. The molecule has 1 aromatic rings.